The molecule has 0 bridgehead atoms. The van der Waals surface area contributed by atoms with Crippen molar-refractivity contribution in [1.82, 2.24) is 10.3 Å². The summed E-state index contributed by atoms with van der Waals surface area (Å²) < 4.78 is 6.47. The summed E-state index contributed by atoms with van der Waals surface area (Å²) in [5.41, 5.74) is 0.946. The lowest BCUT2D eigenvalue weighted by atomic mass is 10.2. The molecular formula is C15H17BrN2OS. The van der Waals surface area contributed by atoms with Crippen molar-refractivity contribution in [2.24, 2.45) is 0 Å². The highest BCUT2D eigenvalue weighted by molar-refractivity contribution is 9.10. The van der Waals surface area contributed by atoms with Crippen molar-refractivity contribution in [2.75, 3.05) is 19.9 Å². The molecule has 1 aromatic carbocycles. The van der Waals surface area contributed by atoms with Crippen molar-refractivity contribution >= 4 is 27.7 Å². The maximum absolute atomic E-state index is 5.38. The fraction of sp³-hybridized carbons (Fsp3) is 0.267. The van der Waals surface area contributed by atoms with E-state index in [1.807, 2.05) is 19.2 Å². The van der Waals surface area contributed by atoms with Crippen LogP contribution in [0, 0.1) is 0 Å². The summed E-state index contributed by atoms with van der Waals surface area (Å²) in [5.74, 6) is 1.72. The van der Waals surface area contributed by atoms with E-state index in [0.29, 0.717) is 0 Å². The Bertz CT molecular complexity index is 548. The van der Waals surface area contributed by atoms with Gasteiger partial charge in [0.15, 0.2) is 0 Å². The molecule has 5 heteroatoms. The summed E-state index contributed by atoms with van der Waals surface area (Å²) in [6.45, 7) is 0. The first-order valence-electron chi connectivity index (χ1n) is 6.29. The maximum atomic E-state index is 5.38. The zero-order valence-electron chi connectivity index (χ0n) is 11.5. The molecule has 1 heterocycles. The quantitative estimate of drug-likeness (QED) is 0.799. The van der Waals surface area contributed by atoms with E-state index in [4.69, 9.17) is 4.74 Å². The number of methoxy groups -OCH3 is 1. The van der Waals surface area contributed by atoms with Gasteiger partial charge in [-0.3, -0.25) is 4.98 Å². The van der Waals surface area contributed by atoms with Crippen LogP contribution in [0.2, 0.25) is 0 Å². The van der Waals surface area contributed by atoms with Crippen LogP contribution in [-0.4, -0.2) is 24.9 Å². The van der Waals surface area contributed by atoms with E-state index < -0.39 is 0 Å². The normalized spacial score (nSPS) is 12.2. The van der Waals surface area contributed by atoms with Gasteiger partial charge in [-0.15, -0.1) is 11.8 Å². The SMILES string of the molecule is CNC(CSc1ccc(Br)cc1)c1ncccc1OC. The number of aromatic nitrogens is 1. The molecule has 0 amide bonds. The first kappa shape index (κ1) is 15.4. The number of pyridine rings is 1. The van der Waals surface area contributed by atoms with Crippen LogP contribution >= 0.6 is 27.7 Å². The summed E-state index contributed by atoms with van der Waals surface area (Å²) in [6, 6.07) is 12.3. The molecule has 0 fully saturated rings. The number of rotatable bonds is 6. The molecule has 2 rings (SSSR count). The van der Waals surface area contributed by atoms with Gasteiger partial charge in [0.05, 0.1) is 18.8 Å². The van der Waals surface area contributed by atoms with Crippen LogP contribution in [0.4, 0.5) is 0 Å². The van der Waals surface area contributed by atoms with E-state index in [9.17, 15) is 0 Å². The summed E-state index contributed by atoms with van der Waals surface area (Å²) >= 11 is 5.24. The lowest BCUT2D eigenvalue weighted by molar-refractivity contribution is 0.400. The average molecular weight is 353 g/mol. The van der Waals surface area contributed by atoms with Crippen LogP contribution in [0.3, 0.4) is 0 Å². The molecule has 1 atom stereocenters. The van der Waals surface area contributed by atoms with Gasteiger partial charge < -0.3 is 10.1 Å². The number of nitrogens with one attached hydrogen (secondary N) is 1. The Morgan fingerprint density at radius 3 is 2.70 bits per heavy atom. The van der Waals surface area contributed by atoms with Crippen LogP contribution in [-0.2, 0) is 0 Å². The van der Waals surface area contributed by atoms with Gasteiger partial charge in [0, 0.05) is 21.3 Å². The van der Waals surface area contributed by atoms with E-state index in [0.717, 1.165) is 21.7 Å². The molecule has 0 aliphatic heterocycles. The van der Waals surface area contributed by atoms with Crippen molar-refractivity contribution < 1.29 is 4.74 Å². The Morgan fingerprint density at radius 1 is 1.30 bits per heavy atom. The van der Waals surface area contributed by atoms with Gasteiger partial charge in [-0.05, 0) is 43.4 Å². The molecule has 1 unspecified atom stereocenters. The minimum absolute atomic E-state index is 0.153. The zero-order valence-corrected chi connectivity index (χ0v) is 13.9. The van der Waals surface area contributed by atoms with Crippen molar-refractivity contribution in [1.29, 1.82) is 0 Å². The molecule has 1 N–H and O–H groups in total. The van der Waals surface area contributed by atoms with Gasteiger partial charge in [-0.25, -0.2) is 0 Å². The number of thioether (sulfide) groups is 1. The topological polar surface area (TPSA) is 34.2 Å². The number of hydrogen-bond donors (Lipinski definition) is 1. The Morgan fingerprint density at radius 2 is 2.05 bits per heavy atom. The molecule has 0 aliphatic carbocycles. The standard InChI is InChI=1S/C15H17BrN2OS/c1-17-13(15-14(19-2)4-3-9-18-15)10-20-12-7-5-11(16)6-8-12/h3-9,13,17H,10H2,1-2H3. The van der Waals surface area contributed by atoms with E-state index >= 15 is 0 Å². The van der Waals surface area contributed by atoms with Gasteiger partial charge in [-0.1, -0.05) is 15.9 Å². The van der Waals surface area contributed by atoms with Crippen LogP contribution < -0.4 is 10.1 Å². The van der Waals surface area contributed by atoms with Gasteiger partial charge in [0.1, 0.15) is 5.75 Å². The molecule has 0 radical (unpaired) electrons. The van der Waals surface area contributed by atoms with Crippen LogP contribution in [0.1, 0.15) is 11.7 Å². The van der Waals surface area contributed by atoms with Gasteiger partial charge in [-0.2, -0.15) is 0 Å². The third-order valence-electron chi connectivity index (χ3n) is 2.93. The largest absolute Gasteiger partial charge is 0.495 e. The van der Waals surface area contributed by atoms with Crippen molar-refractivity contribution in [3.05, 3.63) is 52.8 Å². The number of ether oxygens (including phenoxy) is 1. The second-order valence-corrected chi connectivity index (χ2v) is 6.21. The minimum Gasteiger partial charge on any atom is -0.495 e. The second-order valence-electron chi connectivity index (χ2n) is 4.20. The lowest BCUT2D eigenvalue weighted by Crippen LogP contribution is -2.20. The van der Waals surface area contributed by atoms with E-state index in [1.165, 1.54) is 4.90 Å². The second kappa shape index (κ2) is 7.67. The molecule has 20 heavy (non-hydrogen) atoms. The third-order valence-corrected chi connectivity index (χ3v) is 4.56. The average Bonchev–Trinajstić information content (AvgIpc) is 2.50. The van der Waals surface area contributed by atoms with Crippen molar-refractivity contribution in [2.45, 2.75) is 10.9 Å². The Kier molecular flexibility index (Phi) is 5.88. The van der Waals surface area contributed by atoms with Crippen LogP contribution in [0.15, 0.2) is 52.0 Å². The molecule has 1 aromatic heterocycles. The fourth-order valence-corrected chi connectivity index (χ4v) is 3.12. The first-order chi connectivity index (χ1) is 9.74. The maximum Gasteiger partial charge on any atom is 0.142 e. The highest BCUT2D eigenvalue weighted by Crippen LogP contribution is 2.28. The Hall–Kier alpha value is -1.04. The Labute approximate surface area is 132 Å². The molecule has 0 saturated heterocycles. The molecule has 3 nitrogen and oxygen atoms in total. The van der Waals surface area contributed by atoms with Crippen LogP contribution in [0.25, 0.3) is 0 Å². The zero-order chi connectivity index (χ0) is 14.4. The number of halogens is 1. The van der Waals surface area contributed by atoms with Gasteiger partial charge >= 0.3 is 0 Å². The van der Waals surface area contributed by atoms with Gasteiger partial charge in [0.2, 0.25) is 0 Å². The fourth-order valence-electron chi connectivity index (χ4n) is 1.85. The van der Waals surface area contributed by atoms with E-state index in [1.54, 1.807) is 25.1 Å². The Balaban J connectivity index is 2.07. The number of benzene rings is 1. The van der Waals surface area contributed by atoms with Crippen molar-refractivity contribution in [3.63, 3.8) is 0 Å². The predicted molar refractivity (Wildman–Crippen MR) is 87.5 cm³/mol. The molecular weight excluding hydrogens is 336 g/mol. The molecule has 0 aliphatic rings. The predicted octanol–water partition coefficient (Wildman–Crippen LogP) is 3.91. The summed E-state index contributed by atoms with van der Waals surface area (Å²) in [6.07, 6.45) is 1.80. The number of hydrogen-bond acceptors (Lipinski definition) is 4. The first-order valence-corrected chi connectivity index (χ1v) is 8.07. The summed E-state index contributed by atoms with van der Waals surface area (Å²) in [5, 5.41) is 3.30. The molecule has 0 spiro atoms. The van der Waals surface area contributed by atoms with Crippen LogP contribution in [0.5, 0.6) is 5.75 Å². The van der Waals surface area contributed by atoms with Crippen molar-refractivity contribution in [3.8, 4) is 5.75 Å². The molecule has 2 aromatic rings. The molecule has 0 saturated carbocycles. The lowest BCUT2D eigenvalue weighted by Gasteiger charge is -2.17. The highest BCUT2D eigenvalue weighted by atomic mass is 79.9. The summed E-state index contributed by atoms with van der Waals surface area (Å²) in [7, 11) is 3.62. The van der Waals surface area contributed by atoms with Gasteiger partial charge in [0.25, 0.3) is 0 Å². The van der Waals surface area contributed by atoms with E-state index in [-0.39, 0.29) is 6.04 Å². The summed E-state index contributed by atoms with van der Waals surface area (Å²) in [4.78, 5) is 5.68. The number of nitrogens with zero attached hydrogens (tertiary/aromatic N) is 1. The monoisotopic (exact) mass is 352 g/mol. The minimum atomic E-state index is 0.153. The molecule has 106 valence electrons. The smallest absolute Gasteiger partial charge is 0.142 e. The third kappa shape index (κ3) is 3.98. The van der Waals surface area contributed by atoms with E-state index in [2.05, 4.69) is 50.5 Å². The highest BCUT2D eigenvalue weighted by Gasteiger charge is 2.15.